The van der Waals surface area contributed by atoms with E-state index in [4.69, 9.17) is 4.42 Å². The number of rotatable bonds is 3. The number of benzene rings is 2. The van der Waals surface area contributed by atoms with Gasteiger partial charge in [-0.1, -0.05) is 28.1 Å². The lowest BCUT2D eigenvalue weighted by Crippen LogP contribution is -1.79. The predicted octanol–water partition coefficient (Wildman–Crippen LogP) is 5.40. The fraction of sp³-hybridized carbons (Fsp3) is 0. The summed E-state index contributed by atoms with van der Waals surface area (Å²) in [7, 11) is 0. The molecule has 24 heavy (non-hydrogen) atoms. The Morgan fingerprint density at radius 3 is 2.54 bits per heavy atom. The smallest absolute Gasteiger partial charge is 0.227 e. The van der Waals surface area contributed by atoms with Gasteiger partial charge < -0.3 is 4.42 Å². The number of nitrogens with zero attached hydrogens (tertiary/aromatic N) is 3. The summed E-state index contributed by atoms with van der Waals surface area (Å²) in [6.07, 6.45) is 5.27. The van der Waals surface area contributed by atoms with Crippen LogP contribution in [0, 0.1) is 0 Å². The average molecular weight is 378 g/mol. The molecular weight excluding hydrogens is 366 g/mol. The summed E-state index contributed by atoms with van der Waals surface area (Å²) in [5.41, 5.74) is 4.30. The van der Waals surface area contributed by atoms with Crippen molar-refractivity contribution in [1.29, 1.82) is 0 Å². The van der Waals surface area contributed by atoms with Gasteiger partial charge in [0.2, 0.25) is 5.89 Å². The Bertz CT molecular complexity index is 1010. The predicted molar refractivity (Wildman–Crippen MR) is 98.6 cm³/mol. The summed E-state index contributed by atoms with van der Waals surface area (Å²) >= 11 is 3.42. The molecule has 0 aliphatic heterocycles. The quantitative estimate of drug-likeness (QED) is 0.449. The lowest BCUT2D eigenvalue weighted by atomic mass is 10.2. The zero-order valence-electron chi connectivity index (χ0n) is 12.6. The van der Waals surface area contributed by atoms with Gasteiger partial charge in [-0.2, -0.15) is 0 Å². The van der Waals surface area contributed by atoms with Gasteiger partial charge in [0.1, 0.15) is 5.52 Å². The highest BCUT2D eigenvalue weighted by atomic mass is 79.9. The van der Waals surface area contributed by atoms with Crippen molar-refractivity contribution in [3.05, 3.63) is 77.0 Å². The highest BCUT2D eigenvalue weighted by Crippen LogP contribution is 2.26. The minimum atomic E-state index is 0.585. The summed E-state index contributed by atoms with van der Waals surface area (Å²) in [6, 6.07) is 17.5. The number of hydrogen-bond donors (Lipinski definition) is 0. The number of aromatic nitrogens is 2. The largest absolute Gasteiger partial charge is 0.436 e. The maximum absolute atomic E-state index is 5.79. The van der Waals surface area contributed by atoms with E-state index in [9.17, 15) is 0 Å². The molecule has 0 bridgehead atoms. The second-order valence-corrected chi connectivity index (χ2v) is 6.13. The van der Waals surface area contributed by atoms with Crippen LogP contribution in [0.1, 0.15) is 5.56 Å². The molecule has 0 N–H and O–H groups in total. The Balaban J connectivity index is 1.64. The van der Waals surface area contributed by atoms with Gasteiger partial charge in [-0.3, -0.25) is 9.98 Å². The molecular formula is C19H12BrN3O. The molecule has 0 aliphatic carbocycles. The van der Waals surface area contributed by atoms with Crippen molar-refractivity contribution in [2.45, 2.75) is 0 Å². The fourth-order valence-corrected chi connectivity index (χ4v) is 2.58. The van der Waals surface area contributed by atoms with Crippen LogP contribution in [-0.2, 0) is 0 Å². The van der Waals surface area contributed by atoms with Crippen LogP contribution >= 0.6 is 15.9 Å². The molecule has 4 nitrogen and oxygen atoms in total. The van der Waals surface area contributed by atoms with E-state index in [0.29, 0.717) is 5.89 Å². The Morgan fingerprint density at radius 2 is 1.75 bits per heavy atom. The van der Waals surface area contributed by atoms with Crippen molar-refractivity contribution in [3.63, 3.8) is 0 Å². The van der Waals surface area contributed by atoms with Gasteiger partial charge in [0.25, 0.3) is 0 Å². The minimum Gasteiger partial charge on any atom is -0.436 e. The third kappa shape index (κ3) is 3.12. The Hall–Kier alpha value is -2.79. The van der Waals surface area contributed by atoms with Gasteiger partial charge in [0.15, 0.2) is 5.58 Å². The summed E-state index contributed by atoms with van der Waals surface area (Å²) in [5.74, 6) is 0.585. The van der Waals surface area contributed by atoms with Gasteiger partial charge in [0.05, 0.1) is 5.69 Å². The lowest BCUT2D eigenvalue weighted by Gasteiger charge is -1.95. The topological polar surface area (TPSA) is 51.3 Å². The standard InChI is InChI=1S/C19H12BrN3O/c20-15-3-1-13(2-4-15)12-22-16-5-6-18-17(11-16)23-19(24-18)14-7-9-21-10-8-14/h1-12H. The second-order valence-electron chi connectivity index (χ2n) is 5.22. The maximum atomic E-state index is 5.79. The molecule has 116 valence electrons. The number of fused-ring (bicyclic) bond motifs is 1. The summed E-state index contributed by atoms with van der Waals surface area (Å²) in [6.45, 7) is 0. The monoisotopic (exact) mass is 377 g/mol. The number of hydrogen-bond acceptors (Lipinski definition) is 4. The molecule has 0 saturated heterocycles. The lowest BCUT2D eigenvalue weighted by molar-refractivity contribution is 0.619. The Kier molecular flexibility index (Phi) is 3.92. The van der Waals surface area contributed by atoms with Crippen molar-refractivity contribution >= 4 is 38.9 Å². The van der Waals surface area contributed by atoms with E-state index in [1.165, 1.54) is 0 Å². The second kappa shape index (κ2) is 6.37. The minimum absolute atomic E-state index is 0.585. The highest BCUT2D eigenvalue weighted by molar-refractivity contribution is 9.10. The molecule has 0 atom stereocenters. The van der Waals surface area contributed by atoms with Crippen molar-refractivity contribution in [2.24, 2.45) is 4.99 Å². The number of aliphatic imine (C=N–C) groups is 1. The van der Waals surface area contributed by atoms with Crippen LogP contribution in [0.3, 0.4) is 0 Å². The summed E-state index contributed by atoms with van der Waals surface area (Å²) < 4.78 is 6.84. The summed E-state index contributed by atoms with van der Waals surface area (Å²) in [5, 5.41) is 0. The zero-order chi connectivity index (χ0) is 16.4. The first kappa shape index (κ1) is 14.8. The molecule has 0 radical (unpaired) electrons. The molecule has 2 aromatic heterocycles. The van der Waals surface area contributed by atoms with E-state index in [0.717, 1.165) is 32.4 Å². The van der Waals surface area contributed by atoms with Crippen molar-refractivity contribution in [1.82, 2.24) is 9.97 Å². The van der Waals surface area contributed by atoms with Crippen LogP contribution in [-0.4, -0.2) is 16.2 Å². The van der Waals surface area contributed by atoms with Crippen molar-refractivity contribution in [2.75, 3.05) is 0 Å². The van der Waals surface area contributed by atoms with E-state index in [1.807, 2.05) is 60.8 Å². The highest BCUT2D eigenvalue weighted by Gasteiger charge is 2.08. The normalized spacial score (nSPS) is 11.4. The molecule has 4 rings (SSSR count). The van der Waals surface area contributed by atoms with Crippen molar-refractivity contribution in [3.8, 4) is 11.5 Å². The maximum Gasteiger partial charge on any atom is 0.227 e. The van der Waals surface area contributed by atoms with E-state index in [1.54, 1.807) is 12.4 Å². The van der Waals surface area contributed by atoms with Crippen molar-refractivity contribution < 1.29 is 4.42 Å². The SMILES string of the molecule is Brc1ccc(C=Nc2ccc3oc(-c4ccncc4)nc3c2)cc1. The number of halogens is 1. The molecule has 2 aromatic carbocycles. The molecule has 2 heterocycles. The van der Waals surface area contributed by atoms with Crippen LogP contribution in [0.5, 0.6) is 0 Å². The van der Waals surface area contributed by atoms with Crippen LogP contribution in [0.15, 0.2) is 80.9 Å². The van der Waals surface area contributed by atoms with Gasteiger partial charge in [0, 0.05) is 28.6 Å². The van der Waals surface area contributed by atoms with Gasteiger partial charge in [-0.25, -0.2) is 4.98 Å². The van der Waals surface area contributed by atoms with Gasteiger partial charge in [-0.05, 0) is 48.0 Å². The van der Waals surface area contributed by atoms with Crippen LogP contribution in [0.2, 0.25) is 0 Å². The van der Waals surface area contributed by atoms with Gasteiger partial charge in [-0.15, -0.1) is 0 Å². The van der Waals surface area contributed by atoms with Crippen LogP contribution in [0.25, 0.3) is 22.6 Å². The first-order valence-corrected chi connectivity index (χ1v) is 8.18. The molecule has 0 aliphatic rings. The number of pyridine rings is 1. The molecule has 0 spiro atoms. The van der Waals surface area contributed by atoms with E-state index >= 15 is 0 Å². The van der Waals surface area contributed by atoms with Crippen LogP contribution < -0.4 is 0 Å². The molecule has 4 aromatic rings. The van der Waals surface area contributed by atoms with Gasteiger partial charge >= 0.3 is 0 Å². The Labute approximate surface area is 147 Å². The van der Waals surface area contributed by atoms with Crippen LogP contribution in [0.4, 0.5) is 5.69 Å². The van der Waals surface area contributed by atoms with E-state index in [-0.39, 0.29) is 0 Å². The zero-order valence-corrected chi connectivity index (χ0v) is 14.1. The third-order valence-corrected chi connectivity index (χ3v) is 4.06. The number of oxazole rings is 1. The molecule has 0 amide bonds. The average Bonchev–Trinajstić information content (AvgIpc) is 3.05. The first-order chi connectivity index (χ1) is 11.8. The third-order valence-electron chi connectivity index (χ3n) is 3.53. The molecule has 0 fully saturated rings. The van der Waals surface area contributed by atoms with E-state index < -0.39 is 0 Å². The Morgan fingerprint density at radius 1 is 0.958 bits per heavy atom. The molecule has 0 unspecified atom stereocenters. The fourth-order valence-electron chi connectivity index (χ4n) is 2.31. The molecule has 5 heteroatoms. The summed E-state index contributed by atoms with van der Waals surface area (Å²) in [4.78, 5) is 13.0. The molecule has 0 saturated carbocycles. The van der Waals surface area contributed by atoms with E-state index in [2.05, 4.69) is 30.9 Å². The first-order valence-electron chi connectivity index (χ1n) is 7.38.